The molecule has 0 bridgehead atoms. The monoisotopic (exact) mass is 309 g/mol. The molecule has 1 N–H and O–H groups in total. The lowest BCUT2D eigenvalue weighted by molar-refractivity contribution is 0.171. The smallest absolute Gasteiger partial charge is 0.179 e. The van der Waals surface area contributed by atoms with Crippen molar-refractivity contribution in [3.8, 4) is 11.5 Å². The van der Waals surface area contributed by atoms with E-state index in [-0.39, 0.29) is 0 Å². The molecule has 116 valence electrons. The molecule has 1 aromatic carbocycles. The molecule has 2 aliphatic rings. The van der Waals surface area contributed by atoms with Gasteiger partial charge in [0.15, 0.2) is 11.5 Å². The van der Waals surface area contributed by atoms with Crippen molar-refractivity contribution in [3.63, 3.8) is 0 Å². The zero-order valence-corrected chi connectivity index (χ0v) is 13.4. The summed E-state index contributed by atoms with van der Waals surface area (Å²) < 4.78 is 11.2. The van der Waals surface area contributed by atoms with Gasteiger partial charge >= 0.3 is 0 Å². The van der Waals surface area contributed by atoms with Crippen LogP contribution in [0.1, 0.15) is 44.6 Å². The van der Waals surface area contributed by atoms with Crippen LogP contribution in [0.2, 0.25) is 5.02 Å². The van der Waals surface area contributed by atoms with Gasteiger partial charge in [-0.15, -0.1) is 0 Å². The summed E-state index contributed by atoms with van der Waals surface area (Å²) >= 11 is 6.29. The van der Waals surface area contributed by atoms with E-state index in [2.05, 4.69) is 18.3 Å². The van der Waals surface area contributed by atoms with Gasteiger partial charge in [0.2, 0.25) is 0 Å². The Morgan fingerprint density at radius 3 is 2.86 bits per heavy atom. The third-order valence-corrected chi connectivity index (χ3v) is 4.87. The summed E-state index contributed by atoms with van der Waals surface area (Å²) in [5.41, 5.74) is 1.17. The molecule has 3 rings (SSSR count). The van der Waals surface area contributed by atoms with E-state index in [9.17, 15) is 0 Å². The molecule has 1 heterocycles. The molecule has 1 aromatic rings. The molecular weight excluding hydrogens is 286 g/mol. The Bertz CT molecular complexity index is 492. The predicted octanol–water partition coefficient (Wildman–Crippen LogP) is 4.17. The molecule has 4 heteroatoms. The predicted molar refractivity (Wildman–Crippen MR) is 85.3 cm³/mol. The van der Waals surface area contributed by atoms with E-state index in [1.807, 2.05) is 6.07 Å². The van der Waals surface area contributed by atoms with Crippen molar-refractivity contribution < 1.29 is 9.47 Å². The summed E-state index contributed by atoms with van der Waals surface area (Å²) in [5.74, 6) is 2.22. The largest absolute Gasteiger partial charge is 0.486 e. The van der Waals surface area contributed by atoms with Crippen molar-refractivity contribution in [2.45, 2.75) is 51.6 Å². The number of rotatable bonds is 3. The molecule has 1 fully saturated rings. The lowest BCUT2D eigenvalue weighted by atomic mass is 9.97. The molecule has 1 saturated carbocycles. The van der Waals surface area contributed by atoms with Crippen LogP contribution in [-0.2, 0) is 6.54 Å². The summed E-state index contributed by atoms with van der Waals surface area (Å²) in [6, 6.07) is 4.65. The Morgan fingerprint density at radius 1 is 1.14 bits per heavy atom. The van der Waals surface area contributed by atoms with Gasteiger partial charge in [0.1, 0.15) is 13.2 Å². The Labute approximate surface area is 132 Å². The molecule has 0 aromatic heterocycles. The number of benzene rings is 1. The van der Waals surface area contributed by atoms with Gasteiger partial charge in [-0.1, -0.05) is 37.8 Å². The van der Waals surface area contributed by atoms with Crippen molar-refractivity contribution in [1.29, 1.82) is 0 Å². The maximum Gasteiger partial charge on any atom is 0.179 e. The average Bonchev–Trinajstić information content (AvgIpc) is 2.70. The highest BCUT2D eigenvalue weighted by molar-refractivity contribution is 6.32. The van der Waals surface area contributed by atoms with Crippen LogP contribution in [0.25, 0.3) is 0 Å². The zero-order valence-electron chi connectivity index (χ0n) is 12.7. The van der Waals surface area contributed by atoms with E-state index in [1.165, 1.54) is 37.7 Å². The fraction of sp³-hybridized carbons (Fsp3) is 0.647. The molecule has 0 spiro atoms. The Kier molecular flexibility index (Phi) is 4.91. The molecule has 3 nitrogen and oxygen atoms in total. The molecule has 1 aliphatic carbocycles. The normalized spacial score (nSPS) is 25.4. The van der Waals surface area contributed by atoms with Crippen molar-refractivity contribution in [2.75, 3.05) is 13.2 Å². The maximum atomic E-state index is 6.29. The van der Waals surface area contributed by atoms with Crippen LogP contribution in [0.3, 0.4) is 0 Å². The van der Waals surface area contributed by atoms with Crippen LogP contribution in [0.15, 0.2) is 12.1 Å². The molecule has 21 heavy (non-hydrogen) atoms. The van der Waals surface area contributed by atoms with Crippen molar-refractivity contribution >= 4 is 11.6 Å². The molecule has 0 radical (unpaired) electrons. The molecule has 0 amide bonds. The van der Waals surface area contributed by atoms with Crippen molar-refractivity contribution in [1.82, 2.24) is 5.32 Å². The molecule has 2 unspecified atom stereocenters. The van der Waals surface area contributed by atoms with Gasteiger partial charge in [0.25, 0.3) is 0 Å². The fourth-order valence-electron chi connectivity index (χ4n) is 3.31. The molecule has 1 aliphatic heterocycles. The van der Waals surface area contributed by atoms with Gasteiger partial charge in [-0.2, -0.15) is 0 Å². The second-order valence-corrected chi connectivity index (χ2v) is 6.61. The van der Waals surface area contributed by atoms with E-state index >= 15 is 0 Å². The van der Waals surface area contributed by atoms with Gasteiger partial charge < -0.3 is 14.8 Å². The summed E-state index contributed by atoms with van der Waals surface area (Å²) in [4.78, 5) is 0. The van der Waals surface area contributed by atoms with E-state index in [0.29, 0.717) is 30.0 Å². The van der Waals surface area contributed by atoms with Crippen LogP contribution in [0, 0.1) is 5.92 Å². The molecule has 0 saturated heterocycles. The quantitative estimate of drug-likeness (QED) is 0.850. The SMILES string of the molecule is CC1CCCCCC1NCc1cc(Cl)c2c(c1)OCCO2. The van der Waals surface area contributed by atoms with Gasteiger partial charge in [0.05, 0.1) is 5.02 Å². The Morgan fingerprint density at radius 2 is 1.95 bits per heavy atom. The number of hydrogen-bond acceptors (Lipinski definition) is 3. The topological polar surface area (TPSA) is 30.5 Å². The first-order valence-electron chi connectivity index (χ1n) is 8.05. The Balaban J connectivity index is 1.66. The highest BCUT2D eigenvalue weighted by Gasteiger charge is 2.20. The van der Waals surface area contributed by atoms with E-state index in [0.717, 1.165) is 18.2 Å². The minimum atomic E-state index is 0.573. The van der Waals surface area contributed by atoms with Crippen LogP contribution >= 0.6 is 11.6 Å². The third-order valence-electron chi connectivity index (χ3n) is 4.59. The summed E-state index contributed by atoms with van der Waals surface area (Å²) in [6.45, 7) is 4.37. The molecular formula is C17H24ClNO2. The minimum Gasteiger partial charge on any atom is -0.486 e. The van der Waals surface area contributed by atoms with Crippen LogP contribution in [0.5, 0.6) is 11.5 Å². The van der Waals surface area contributed by atoms with Crippen molar-refractivity contribution in [3.05, 3.63) is 22.7 Å². The maximum absolute atomic E-state index is 6.29. The highest BCUT2D eigenvalue weighted by atomic mass is 35.5. The summed E-state index contributed by atoms with van der Waals surface area (Å²) in [5, 5.41) is 4.36. The van der Waals surface area contributed by atoms with E-state index < -0.39 is 0 Å². The third kappa shape index (κ3) is 3.64. The number of halogens is 1. The van der Waals surface area contributed by atoms with Gasteiger partial charge in [-0.25, -0.2) is 0 Å². The second-order valence-electron chi connectivity index (χ2n) is 6.20. The summed E-state index contributed by atoms with van der Waals surface area (Å²) in [7, 11) is 0. The van der Waals surface area contributed by atoms with E-state index in [4.69, 9.17) is 21.1 Å². The molecule has 2 atom stereocenters. The van der Waals surface area contributed by atoms with Gasteiger partial charge in [-0.3, -0.25) is 0 Å². The first-order valence-corrected chi connectivity index (χ1v) is 8.43. The van der Waals surface area contributed by atoms with Crippen LogP contribution in [0.4, 0.5) is 0 Å². The summed E-state index contributed by atoms with van der Waals surface area (Å²) in [6.07, 6.45) is 6.69. The standard InChI is InChI=1S/C17H24ClNO2/c1-12-5-3-2-4-6-15(12)19-11-13-9-14(18)17-16(10-13)20-7-8-21-17/h9-10,12,15,19H,2-8,11H2,1H3. The van der Waals surface area contributed by atoms with Crippen LogP contribution in [-0.4, -0.2) is 19.3 Å². The van der Waals surface area contributed by atoms with Crippen molar-refractivity contribution in [2.24, 2.45) is 5.92 Å². The number of fused-ring (bicyclic) bond motifs is 1. The number of nitrogens with one attached hydrogen (secondary N) is 1. The zero-order chi connectivity index (χ0) is 14.7. The lowest BCUT2D eigenvalue weighted by Crippen LogP contribution is -2.33. The minimum absolute atomic E-state index is 0.573. The number of hydrogen-bond donors (Lipinski definition) is 1. The lowest BCUT2D eigenvalue weighted by Gasteiger charge is -2.24. The second kappa shape index (κ2) is 6.89. The highest BCUT2D eigenvalue weighted by Crippen LogP contribution is 2.38. The fourth-order valence-corrected chi connectivity index (χ4v) is 3.60. The average molecular weight is 310 g/mol. The van der Waals surface area contributed by atoms with Crippen LogP contribution < -0.4 is 14.8 Å². The van der Waals surface area contributed by atoms with Gasteiger partial charge in [0, 0.05) is 12.6 Å². The van der Waals surface area contributed by atoms with E-state index in [1.54, 1.807) is 0 Å². The van der Waals surface area contributed by atoms with Gasteiger partial charge in [-0.05, 0) is 36.5 Å². The Hall–Kier alpha value is -0.930. The first-order chi connectivity index (χ1) is 10.2. The first kappa shape index (κ1) is 15.0. The number of ether oxygens (including phenoxy) is 2.